The molecular weight excluding hydrogens is 589 g/mol. The second kappa shape index (κ2) is 17.8. The van der Waals surface area contributed by atoms with Crippen molar-refractivity contribution in [3.8, 4) is 5.92 Å². The van der Waals surface area contributed by atoms with Crippen LogP contribution in [0.15, 0.2) is 91.0 Å². The Bertz CT molecular complexity index is 1120. The van der Waals surface area contributed by atoms with Gasteiger partial charge in [-0.15, -0.1) is 17.7 Å². The molecule has 0 nitrogen and oxygen atoms in total. The van der Waals surface area contributed by atoms with Crippen molar-refractivity contribution in [2.24, 2.45) is 5.92 Å². The Hall–Kier alpha value is -1.43. The van der Waals surface area contributed by atoms with Crippen molar-refractivity contribution >= 4 is 26.5 Å². The standard InChI is InChI=1S/C31H44P2.C8H5.Ni/c1-25(32(26-15-6-2-7-16-26)27-17-8-3-9-18-27)30-23-14-24-31(30)33(28-19-10-4-11-20-28)29-21-12-5-13-22-29;1-2-8-6-4-3-5-7-8;/h2-3,6-9,15-18,25,28-31H,4-5,10-14,19-24H2,1H3;3-7H;/q;-1;/p+1. The second-order valence-electron chi connectivity index (χ2n) is 12.6. The van der Waals surface area contributed by atoms with Gasteiger partial charge in [0.05, 0.1) is 17.0 Å². The summed E-state index contributed by atoms with van der Waals surface area (Å²) in [6.45, 7) is 2.66. The van der Waals surface area contributed by atoms with Gasteiger partial charge in [0.2, 0.25) is 0 Å². The molecule has 0 N–H and O–H groups in total. The molecule has 42 heavy (non-hydrogen) atoms. The molecule has 3 saturated carbocycles. The van der Waals surface area contributed by atoms with Crippen LogP contribution in [-0.4, -0.2) is 22.6 Å². The van der Waals surface area contributed by atoms with E-state index in [-0.39, 0.29) is 32.3 Å². The van der Waals surface area contributed by atoms with Gasteiger partial charge in [0, 0.05) is 30.3 Å². The predicted octanol–water partition coefficient (Wildman–Crippen LogP) is 10.2. The van der Waals surface area contributed by atoms with Crippen LogP contribution >= 0.6 is 15.8 Å². The fourth-order valence-electron chi connectivity index (χ4n) is 8.30. The zero-order valence-electron chi connectivity index (χ0n) is 25.5. The molecule has 3 aliphatic rings. The fraction of sp³-hybridized carbons (Fsp3) is 0.487. The summed E-state index contributed by atoms with van der Waals surface area (Å²) in [7, 11) is -0.595. The summed E-state index contributed by atoms with van der Waals surface area (Å²) in [4.78, 5) is 0. The van der Waals surface area contributed by atoms with Gasteiger partial charge in [0.15, 0.2) is 0 Å². The molecule has 3 fully saturated rings. The van der Waals surface area contributed by atoms with Crippen LogP contribution in [0.2, 0.25) is 0 Å². The number of hydrogen-bond donors (Lipinski definition) is 0. The average Bonchev–Trinajstić information content (AvgIpc) is 3.53. The van der Waals surface area contributed by atoms with Gasteiger partial charge in [0.25, 0.3) is 0 Å². The number of benzene rings is 3. The summed E-state index contributed by atoms with van der Waals surface area (Å²) in [5.41, 5.74) is 4.96. The maximum atomic E-state index is 6.69. The third kappa shape index (κ3) is 8.82. The van der Waals surface area contributed by atoms with Crippen LogP contribution in [0.1, 0.15) is 96.0 Å². The molecule has 0 spiro atoms. The maximum Gasteiger partial charge on any atom is 0.0714 e. The third-order valence-electron chi connectivity index (χ3n) is 10.2. The van der Waals surface area contributed by atoms with Crippen LogP contribution in [-0.2, 0) is 16.5 Å². The van der Waals surface area contributed by atoms with Gasteiger partial charge >= 0.3 is 0 Å². The van der Waals surface area contributed by atoms with E-state index >= 15 is 0 Å². The summed E-state index contributed by atoms with van der Waals surface area (Å²) in [6.07, 6.45) is 26.7. The third-order valence-corrected chi connectivity index (χ3v) is 17.7. The molecule has 3 atom stereocenters. The van der Waals surface area contributed by atoms with Crippen molar-refractivity contribution < 1.29 is 16.5 Å². The first-order chi connectivity index (χ1) is 20.3. The van der Waals surface area contributed by atoms with Crippen molar-refractivity contribution in [2.75, 3.05) is 0 Å². The summed E-state index contributed by atoms with van der Waals surface area (Å²) >= 11 is 0. The fourth-order valence-corrected chi connectivity index (χ4v) is 16.9. The van der Waals surface area contributed by atoms with E-state index in [1.165, 1.54) is 51.4 Å². The second-order valence-corrected chi connectivity index (χ2v) is 18.6. The van der Waals surface area contributed by atoms with Crippen molar-refractivity contribution in [3.05, 3.63) is 103 Å². The van der Waals surface area contributed by atoms with Crippen LogP contribution in [0, 0.1) is 18.3 Å². The van der Waals surface area contributed by atoms with E-state index in [9.17, 15) is 0 Å². The molecule has 0 radical (unpaired) electrons. The smallest absolute Gasteiger partial charge is 0.0714 e. The van der Waals surface area contributed by atoms with Gasteiger partial charge in [-0.3, -0.25) is 5.92 Å². The maximum absolute atomic E-state index is 6.69. The summed E-state index contributed by atoms with van der Waals surface area (Å²) in [5, 5.41) is 3.20. The SMILES string of the molecule is CC(C1CCCC1[PH+](C1CCCCC1)C1CCCCC1)P(c1ccccc1)c1ccccc1.[C-]#Cc1ccccc1.[Ni]. The van der Waals surface area contributed by atoms with Gasteiger partial charge in [-0.25, -0.2) is 0 Å². The average molecular weight is 639 g/mol. The molecular formula is C39H50NiP2. The minimum Gasteiger partial charge on any atom is -0.366 e. The molecule has 0 aliphatic heterocycles. The molecule has 3 unspecified atom stereocenters. The first-order valence-electron chi connectivity index (χ1n) is 16.5. The Morgan fingerprint density at radius 1 is 0.619 bits per heavy atom. The van der Waals surface area contributed by atoms with E-state index in [1.807, 2.05) is 30.3 Å². The van der Waals surface area contributed by atoms with Crippen LogP contribution in [0.4, 0.5) is 0 Å². The normalized spacial score (nSPS) is 22.0. The molecule has 3 aromatic rings. The van der Waals surface area contributed by atoms with Gasteiger partial charge < -0.3 is 6.42 Å². The van der Waals surface area contributed by atoms with Gasteiger partial charge in [-0.1, -0.05) is 98.6 Å². The molecule has 0 aromatic heterocycles. The molecule has 0 bridgehead atoms. The van der Waals surface area contributed by atoms with Crippen LogP contribution in [0.5, 0.6) is 0 Å². The van der Waals surface area contributed by atoms with E-state index in [0.29, 0.717) is 0 Å². The molecule has 0 heterocycles. The van der Waals surface area contributed by atoms with Crippen molar-refractivity contribution in [3.63, 3.8) is 0 Å². The largest absolute Gasteiger partial charge is 0.366 e. The van der Waals surface area contributed by atoms with E-state index in [2.05, 4.69) is 73.5 Å². The molecule has 3 aliphatic carbocycles. The van der Waals surface area contributed by atoms with E-state index in [1.54, 1.807) is 42.7 Å². The minimum atomic E-state index is -0.302. The first kappa shape index (κ1) is 33.5. The monoisotopic (exact) mass is 638 g/mol. The molecule has 0 saturated heterocycles. The van der Waals surface area contributed by atoms with Gasteiger partial charge in [-0.05, 0) is 94.8 Å². The summed E-state index contributed by atoms with van der Waals surface area (Å²) < 4.78 is 0. The van der Waals surface area contributed by atoms with Crippen LogP contribution < -0.4 is 10.6 Å². The summed E-state index contributed by atoms with van der Waals surface area (Å²) in [6, 6.07) is 32.5. The Morgan fingerprint density at radius 2 is 1.07 bits per heavy atom. The Kier molecular flexibility index (Phi) is 14.2. The zero-order chi connectivity index (χ0) is 28.3. The minimum absolute atomic E-state index is 0. The Labute approximate surface area is 269 Å². The van der Waals surface area contributed by atoms with Crippen LogP contribution in [0.25, 0.3) is 0 Å². The van der Waals surface area contributed by atoms with Gasteiger partial charge in [0.1, 0.15) is 0 Å². The molecule has 0 amide bonds. The number of hydrogen-bond acceptors (Lipinski definition) is 0. The van der Waals surface area contributed by atoms with Gasteiger partial charge in [-0.2, -0.15) is 0 Å². The molecule has 6 rings (SSSR count). The van der Waals surface area contributed by atoms with Crippen LogP contribution in [0.3, 0.4) is 0 Å². The predicted molar refractivity (Wildman–Crippen MR) is 184 cm³/mol. The summed E-state index contributed by atoms with van der Waals surface area (Å²) in [5.74, 6) is 3.23. The van der Waals surface area contributed by atoms with Crippen molar-refractivity contribution in [1.82, 2.24) is 0 Å². The Morgan fingerprint density at radius 3 is 1.50 bits per heavy atom. The van der Waals surface area contributed by atoms with E-state index < -0.39 is 0 Å². The van der Waals surface area contributed by atoms with E-state index in [4.69, 9.17) is 6.42 Å². The zero-order valence-corrected chi connectivity index (χ0v) is 28.4. The molecule has 3 heteroatoms. The molecule has 3 aromatic carbocycles. The van der Waals surface area contributed by atoms with Crippen molar-refractivity contribution in [1.29, 1.82) is 0 Å². The number of rotatable bonds is 7. The molecule has 226 valence electrons. The van der Waals surface area contributed by atoms with Crippen molar-refractivity contribution in [2.45, 2.75) is 113 Å². The quantitative estimate of drug-likeness (QED) is 0.105. The van der Waals surface area contributed by atoms with E-state index in [0.717, 1.165) is 34.1 Å². The first-order valence-corrected chi connectivity index (χ1v) is 19.6. The topological polar surface area (TPSA) is 0 Å². The Balaban J connectivity index is 0.000000391.